The first-order chi connectivity index (χ1) is 10.1. The van der Waals surface area contributed by atoms with Crippen molar-refractivity contribution in [2.45, 2.75) is 6.92 Å². The van der Waals surface area contributed by atoms with E-state index in [4.69, 9.17) is 23.8 Å². The number of hydrogen-bond acceptors (Lipinski definition) is 4. The van der Waals surface area contributed by atoms with Crippen LogP contribution >= 0.6 is 46.9 Å². The summed E-state index contributed by atoms with van der Waals surface area (Å²) in [4.78, 5) is 15.8. The van der Waals surface area contributed by atoms with E-state index < -0.39 is 0 Å². The second-order valence-corrected chi connectivity index (χ2v) is 7.52. The molecule has 3 rings (SSSR count). The van der Waals surface area contributed by atoms with E-state index in [9.17, 15) is 4.79 Å². The van der Waals surface area contributed by atoms with Crippen LogP contribution in [0.5, 0.6) is 0 Å². The molecule has 0 bridgehead atoms. The lowest BCUT2D eigenvalue weighted by atomic mass is 10.2. The lowest BCUT2D eigenvalue weighted by Gasteiger charge is -2.14. The number of amides is 1. The quantitative estimate of drug-likeness (QED) is 0.553. The van der Waals surface area contributed by atoms with Crippen molar-refractivity contribution in [1.29, 1.82) is 0 Å². The molecule has 1 amide bonds. The third-order valence-electron chi connectivity index (χ3n) is 3.02. The lowest BCUT2D eigenvalue weighted by Crippen LogP contribution is -2.27. The van der Waals surface area contributed by atoms with Gasteiger partial charge in [-0.1, -0.05) is 41.6 Å². The van der Waals surface area contributed by atoms with Gasteiger partial charge in [0.25, 0.3) is 5.91 Å². The third kappa shape index (κ3) is 2.92. The van der Waals surface area contributed by atoms with Gasteiger partial charge in [0, 0.05) is 9.90 Å². The molecule has 0 saturated carbocycles. The zero-order chi connectivity index (χ0) is 15.0. The lowest BCUT2D eigenvalue weighted by molar-refractivity contribution is -0.113. The Labute approximate surface area is 141 Å². The van der Waals surface area contributed by atoms with Gasteiger partial charge in [-0.3, -0.25) is 9.69 Å². The molecule has 0 radical (unpaired) electrons. The standard InChI is InChI=1S/C15H10ClNOS3/c1-9-5-6-20-12(9)8-13-14(18)17(15(19)21-13)11-4-2-3-10(16)7-11/h2-8H,1H3. The summed E-state index contributed by atoms with van der Waals surface area (Å²) in [5.41, 5.74) is 1.87. The van der Waals surface area contributed by atoms with Gasteiger partial charge in [-0.2, -0.15) is 0 Å². The van der Waals surface area contributed by atoms with Crippen LogP contribution < -0.4 is 4.90 Å². The van der Waals surface area contributed by atoms with Crippen LogP contribution in [0.4, 0.5) is 5.69 Å². The molecular formula is C15H10ClNOS3. The topological polar surface area (TPSA) is 20.3 Å². The van der Waals surface area contributed by atoms with Gasteiger partial charge in [0.15, 0.2) is 4.32 Å². The Morgan fingerprint density at radius 1 is 1.33 bits per heavy atom. The number of carbonyl (C=O) groups excluding carboxylic acids is 1. The average Bonchev–Trinajstić information content (AvgIpc) is 2.95. The number of rotatable bonds is 2. The van der Waals surface area contributed by atoms with Crippen molar-refractivity contribution < 1.29 is 4.79 Å². The molecule has 106 valence electrons. The van der Waals surface area contributed by atoms with Crippen LogP contribution in [0.15, 0.2) is 40.6 Å². The minimum absolute atomic E-state index is 0.0972. The maximum absolute atomic E-state index is 12.6. The minimum Gasteiger partial charge on any atom is -0.268 e. The molecular weight excluding hydrogens is 342 g/mol. The SMILES string of the molecule is Cc1ccsc1C=C1SC(=S)N(c2cccc(Cl)c2)C1=O. The summed E-state index contributed by atoms with van der Waals surface area (Å²) in [6, 6.07) is 9.19. The Bertz CT molecular complexity index is 766. The Morgan fingerprint density at radius 2 is 2.14 bits per heavy atom. The maximum Gasteiger partial charge on any atom is 0.270 e. The summed E-state index contributed by atoms with van der Waals surface area (Å²) >= 11 is 14.3. The van der Waals surface area contributed by atoms with Crippen molar-refractivity contribution in [3.8, 4) is 0 Å². The molecule has 2 heterocycles. The van der Waals surface area contributed by atoms with Crippen LogP contribution in [0.25, 0.3) is 6.08 Å². The van der Waals surface area contributed by atoms with Crippen molar-refractivity contribution in [3.05, 3.63) is 56.1 Å². The number of aryl methyl sites for hydroxylation is 1. The number of thiocarbonyl (C=S) groups is 1. The van der Waals surface area contributed by atoms with Gasteiger partial charge in [-0.15, -0.1) is 11.3 Å². The summed E-state index contributed by atoms with van der Waals surface area (Å²) < 4.78 is 0.530. The van der Waals surface area contributed by atoms with E-state index in [-0.39, 0.29) is 5.91 Å². The highest BCUT2D eigenvalue weighted by Gasteiger charge is 2.33. The van der Waals surface area contributed by atoms with Crippen molar-refractivity contribution >= 4 is 68.9 Å². The fourth-order valence-corrected chi connectivity index (χ4v) is 4.36. The zero-order valence-corrected chi connectivity index (χ0v) is 14.2. The first-order valence-corrected chi connectivity index (χ1v) is 8.62. The number of anilines is 1. The molecule has 2 aromatic rings. The van der Waals surface area contributed by atoms with Crippen LogP contribution in [0.1, 0.15) is 10.4 Å². The summed E-state index contributed by atoms with van der Waals surface area (Å²) in [6.45, 7) is 2.03. The predicted molar refractivity (Wildman–Crippen MR) is 96.2 cm³/mol. The molecule has 21 heavy (non-hydrogen) atoms. The molecule has 1 aromatic carbocycles. The van der Waals surface area contributed by atoms with Crippen LogP contribution in [-0.2, 0) is 4.79 Å². The van der Waals surface area contributed by atoms with Gasteiger partial charge < -0.3 is 0 Å². The minimum atomic E-state index is -0.0972. The van der Waals surface area contributed by atoms with E-state index in [2.05, 4.69) is 0 Å². The molecule has 0 atom stereocenters. The Balaban J connectivity index is 1.96. The van der Waals surface area contributed by atoms with E-state index in [0.717, 1.165) is 10.4 Å². The Hall–Kier alpha value is -1.14. The molecule has 0 spiro atoms. The fourth-order valence-electron chi connectivity index (χ4n) is 1.96. The summed E-state index contributed by atoms with van der Waals surface area (Å²) in [5.74, 6) is -0.0972. The van der Waals surface area contributed by atoms with E-state index >= 15 is 0 Å². The molecule has 6 heteroatoms. The second kappa shape index (κ2) is 5.93. The van der Waals surface area contributed by atoms with Gasteiger partial charge in [0.2, 0.25) is 0 Å². The number of thioether (sulfide) groups is 1. The molecule has 2 nitrogen and oxygen atoms in total. The number of nitrogens with zero attached hydrogens (tertiary/aromatic N) is 1. The highest BCUT2D eigenvalue weighted by molar-refractivity contribution is 8.27. The predicted octanol–water partition coefficient (Wildman–Crippen LogP) is 5.12. The van der Waals surface area contributed by atoms with Crippen LogP contribution in [0.2, 0.25) is 5.02 Å². The third-order valence-corrected chi connectivity index (χ3v) is 5.53. The average molecular weight is 352 g/mol. The number of hydrogen-bond donors (Lipinski definition) is 0. The van der Waals surface area contributed by atoms with Gasteiger partial charge in [0.1, 0.15) is 0 Å². The highest BCUT2D eigenvalue weighted by atomic mass is 35.5. The Morgan fingerprint density at radius 3 is 2.81 bits per heavy atom. The first kappa shape index (κ1) is 14.8. The van der Waals surface area contributed by atoms with Crippen molar-refractivity contribution in [3.63, 3.8) is 0 Å². The van der Waals surface area contributed by atoms with E-state index in [1.165, 1.54) is 16.7 Å². The van der Waals surface area contributed by atoms with Crippen molar-refractivity contribution in [2.75, 3.05) is 4.90 Å². The molecule has 0 N–H and O–H groups in total. The summed E-state index contributed by atoms with van der Waals surface area (Å²) in [5, 5.41) is 2.60. The van der Waals surface area contributed by atoms with Gasteiger partial charge in [-0.25, -0.2) is 0 Å². The van der Waals surface area contributed by atoms with Crippen LogP contribution in [0, 0.1) is 6.92 Å². The number of halogens is 1. The molecule has 1 aliphatic heterocycles. The van der Waals surface area contributed by atoms with Gasteiger partial charge >= 0.3 is 0 Å². The second-order valence-electron chi connectivity index (χ2n) is 4.46. The fraction of sp³-hybridized carbons (Fsp3) is 0.0667. The molecule has 1 saturated heterocycles. The molecule has 0 aliphatic carbocycles. The zero-order valence-electron chi connectivity index (χ0n) is 11.0. The normalized spacial score (nSPS) is 17.0. The Kier molecular flexibility index (Phi) is 4.17. The molecule has 0 unspecified atom stereocenters. The van der Waals surface area contributed by atoms with Crippen LogP contribution in [-0.4, -0.2) is 10.2 Å². The van der Waals surface area contributed by atoms with Crippen molar-refractivity contribution in [1.82, 2.24) is 0 Å². The van der Waals surface area contributed by atoms with Gasteiger partial charge in [-0.05, 0) is 48.2 Å². The molecule has 1 aliphatic rings. The maximum atomic E-state index is 12.6. The van der Waals surface area contributed by atoms with E-state index in [1.54, 1.807) is 23.5 Å². The largest absolute Gasteiger partial charge is 0.270 e. The molecule has 1 aromatic heterocycles. The summed E-state index contributed by atoms with van der Waals surface area (Å²) in [7, 11) is 0. The smallest absolute Gasteiger partial charge is 0.268 e. The number of carbonyl (C=O) groups is 1. The monoisotopic (exact) mass is 351 g/mol. The van der Waals surface area contributed by atoms with Gasteiger partial charge in [0.05, 0.1) is 10.6 Å². The van der Waals surface area contributed by atoms with Crippen LogP contribution in [0.3, 0.4) is 0 Å². The number of benzene rings is 1. The highest BCUT2D eigenvalue weighted by Crippen LogP contribution is 2.37. The van der Waals surface area contributed by atoms with E-state index in [0.29, 0.717) is 19.9 Å². The van der Waals surface area contributed by atoms with Crippen molar-refractivity contribution in [2.24, 2.45) is 0 Å². The summed E-state index contributed by atoms with van der Waals surface area (Å²) in [6.07, 6.45) is 1.91. The van der Waals surface area contributed by atoms with E-state index in [1.807, 2.05) is 36.6 Å². The molecule has 1 fully saturated rings. The first-order valence-electron chi connectivity index (χ1n) is 6.14. The number of thiophene rings is 1.